The number of hydrazine groups is 1. The summed E-state index contributed by atoms with van der Waals surface area (Å²) < 4.78 is 56.3. The summed E-state index contributed by atoms with van der Waals surface area (Å²) in [7, 11) is 0. The lowest BCUT2D eigenvalue weighted by Crippen LogP contribution is -2.16. The van der Waals surface area contributed by atoms with Gasteiger partial charge < -0.3 is 10.2 Å². The molecule has 2 rings (SSSR count). The van der Waals surface area contributed by atoms with E-state index in [0.717, 1.165) is 12.1 Å². The minimum Gasteiger partial charge on any atom is -0.438 e. The molecular weight excluding hydrogens is 292 g/mol. The Bertz CT molecular complexity index is 660. The highest BCUT2D eigenvalue weighted by Gasteiger charge is 2.35. The smallest absolute Gasteiger partial charge is 0.438 e. The normalized spacial score (nSPS) is 11.3. The van der Waals surface area contributed by atoms with Crippen LogP contribution in [0.25, 0.3) is 0 Å². The predicted octanol–water partition coefficient (Wildman–Crippen LogP) is 3.02. The fourth-order valence-corrected chi connectivity index (χ4v) is 1.47. The molecule has 1 aromatic carbocycles. The van der Waals surface area contributed by atoms with E-state index in [1.165, 1.54) is 12.1 Å². The number of nitrogens with one attached hydrogen (secondary N) is 1. The number of hydrogen-bond donors (Lipinski definition) is 2. The number of aryl methyl sites for hydroxylation is 1. The Balaban J connectivity index is 2.42. The minimum absolute atomic E-state index is 0.0461. The first kappa shape index (κ1) is 15.0. The van der Waals surface area contributed by atoms with Crippen LogP contribution in [0.5, 0.6) is 11.6 Å². The molecule has 0 saturated carbocycles. The SMILES string of the molecule is Cc1ccc(F)cc1Oc1cc(NN)nc(C(F)(F)F)n1. The zero-order chi connectivity index (χ0) is 15.6. The number of halogens is 4. The van der Waals surface area contributed by atoms with Crippen LogP contribution in [-0.2, 0) is 6.18 Å². The molecule has 1 aromatic heterocycles. The van der Waals surface area contributed by atoms with Gasteiger partial charge in [-0.1, -0.05) is 6.07 Å². The summed E-state index contributed by atoms with van der Waals surface area (Å²) in [5.41, 5.74) is 2.52. The molecule has 3 N–H and O–H groups in total. The molecule has 0 saturated heterocycles. The zero-order valence-corrected chi connectivity index (χ0v) is 10.7. The minimum atomic E-state index is -4.76. The van der Waals surface area contributed by atoms with Crippen LogP contribution in [0.1, 0.15) is 11.4 Å². The Morgan fingerprint density at radius 2 is 1.90 bits per heavy atom. The molecule has 0 aliphatic carbocycles. The van der Waals surface area contributed by atoms with Crippen LogP contribution in [0, 0.1) is 12.7 Å². The van der Waals surface area contributed by atoms with E-state index in [4.69, 9.17) is 10.6 Å². The van der Waals surface area contributed by atoms with Gasteiger partial charge in [0.2, 0.25) is 11.7 Å². The molecule has 0 aliphatic rings. The van der Waals surface area contributed by atoms with Gasteiger partial charge in [-0.15, -0.1) is 0 Å². The standard InChI is InChI=1S/C12H10F4N4O/c1-6-2-3-7(13)4-8(6)21-10-5-9(20-17)18-11(19-10)12(14,15)16/h2-5H,17H2,1H3,(H,18,19,20). The largest absolute Gasteiger partial charge is 0.451 e. The Labute approximate surface area is 116 Å². The third-order valence-electron chi connectivity index (χ3n) is 2.47. The molecule has 21 heavy (non-hydrogen) atoms. The van der Waals surface area contributed by atoms with Crippen molar-refractivity contribution in [3.8, 4) is 11.6 Å². The summed E-state index contributed by atoms with van der Waals surface area (Å²) in [6.45, 7) is 1.61. The summed E-state index contributed by atoms with van der Waals surface area (Å²) in [5.74, 6) is 2.42. The molecule has 0 radical (unpaired) electrons. The number of anilines is 1. The highest BCUT2D eigenvalue weighted by molar-refractivity contribution is 5.41. The van der Waals surface area contributed by atoms with Crippen molar-refractivity contribution in [2.75, 3.05) is 5.43 Å². The van der Waals surface area contributed by atoms with Gasteiger partial charge in [0, 0.05) is 12.1 Å². The van der Waals surface area contributed by atoms with Gasteiger partial charge in [-0.2, -0.15) is 18.2 Å². The first-order valence-electron chi connectivity index (χ1n) is 5.66. The Morgan fingerprint density at radius 1 is 1.19 bits per heavy atom. The number of ether oxygens (including phenoxy) is 1. The molecule has 0 unspecified atom stereocenters. The van der Waals surface area contributed by atoms with Crippen molar-refractivity contribution in [3.05, 3.63) is 41.5 Å². The van der Waals surface area contributed by atoms with Crippen molar-refractivity contribution < 1.29 is 22.3 Å². The summed E-state index contributed by atoms with van der Waals surface area (Å²) in [5, 5.41) is 0. The second-order valence-electron chi connectivity index (χ2n) is 4.07. The average molecular weight is 302 g/mol. The second kappa shape index (κ2) is 5.52. The van der Waals surface area contributed by atoms with E-state index in [0.29, 0.717) is 5.56 Å². The third kappa shape index (κ3) is 3.57. The van der Waals surface area contributed by atoms with Crippen LogP contribution < -0.4 is 16.0 Å². The van der Waals surface area contributed by atoms with Crippen LogP contribution in [0.2, 0.25) is 0 Å². The van der Waals surface area contributed by atoms with Crippen molar-refractivity contribution in [1.29, 1.82) is 0 Å². The van der Waals surface area contributed by atoms with Crippen LogP contribution in [0.15, 0.2) is 24.3 Å². The highest BCUT2D eigenvalue weighted by Crippen LogP contribution is 2.31. The fourth-order valence-electron chi connectivity index (χ4n) is 1.47. The number of rotatable bonds is 3. The summed E-state index contributed by atoms with van der Waals surface area (Å²) in [6.07, 6.45) is -4.76. The maximum absolute atomic E-state index is 13.1. The molecule has 1 heterocycles. The molecule has 0 aliphatic heterocycles. The maximum atomic E-state index is 13.1. The molecule has 0 bridgehead atoms. The van der Waals surface area contributed by atoms with Crippen molar-refractivity contribution in [2.24, 2.45) is 5.84 Å². The van der Waals surface area contributed by atoms with Crippen LogP contribution in [0.3, 0.4) is 0 Å². The van der Waals surface area contributed by atoms with Gasteiger partial charge >= 0.3 is 6.18 Å². The maximum Gasteiger partial charge on any atom is 0.451 e. The number of nitrogen functional groups attached to an aromatic ring is 1. The molecule has 5 nitrogen and oxygen atoms in total. The summed E-state index contributed by atoms with van der Waals surface area (Å²) in [6, 6.07) is 4.74. The van der Waals surface area contributed by atoms with Gasteiger partial charge in [0.25, 0.3) is 0 Å². The van der Waals surface area contributed by atoms with E-state index in [2.05, 4.69) is 9.97 Å². The lowest BCUT2D eigenvalue weighted by molar-refractivity contribution is -0.145. The number of nitrogens with two attached hydrogens (primary N) is 1. The lowest BCUT2D eigenvalue weighted by Gasteiger charge is -2.11. The van der Waals surface area contributed by atoms with Crippen molar-refractivity contribution in [2.45, 2.75) is 13.1 Å². The third-order valence-corrected chi connectivity index (χ3v) is 2.47. The topological polar surface area (TPSA) is 73.1 Å². The fraction of sp³-hybridized carbons (Fsp3) is 0.167. The van der Waals surface area contributed by atoms with E-state index >= 15 is 0 Å². The molecule has 0 spiro atoms. The first-order chi connectivity index (χ1) is 9.79. The Morgan fingerprint density at radius 3 is 2.52 bits per heavy atom. The summed E-state index contributed by atoms with van der Waals surface area (Å²) in [4.78, 5) is 6.42. The molecular formula is C12H10F4N4O. The molecule has 0 fully saturated rings. The highest BCUT2D eigenvalue weighted by atomic mass is 19.4. The quantitative estimate of drug-likeness (QED) is 0.518. The van der Waals surface area contributed by atoms with Crippen molar-refractivity contribution >= 4 is 5.82 Å². The summed E-state index contributed by atoms with van der Waals surface area (Å²) >= 11 is 0. The molecule has 112 valence electrons. The van der Waals surface area contributed by atoms with Gasteiger partial charge in [-0.25, -0.2) is 15.2 Å². The van der Waals surface area contributed by atoms with Gasteiger partial charge in [-0.3, -0.25) is 0 Å². The number of nitrogens with zero attached hydrogens (tertiary/aromatic N) is 2. The average Bonchev–Trinajstić information content (AvgIpc) is 2.41. The lowest BCUT2D eigenvalue weighted by atomic mass is 10.2. The van der Waals surface area contributed by atoms with Gasteiger partial charge in [0.15, 0.2) is 0 Å². The van der Waals surface area contributed by atoms with Crippen LogP contribution in [-0.4, -0.2) is 9.97 Å². The number of hydrogen-bond acceptors (Lipinski definition) is 5. The van der Waals surface area contributed by atoms with E-state index in [1.807, 2.05) is 5.43 Å². The molecule has 2 aromatic rings. The molecule has 0 atom stereocenters. The zero-order valence-electron chi connectivity index (χ0n) is 10.7. The van der Waals surface area contributed by atoms with Crippen molar-refractivity contribution in [1.82, 2.24) is 9.97 Å². The van der Waals surface area contributed by atoms with E-state index < -0.39 is 23.7 Å². The predicted molar refractivity (Wildman–Crippen MR) is 66.1 cm³/mol. The van der Waals surface area contributed by atoms with Gasteiger partial charge in [0.1, 0.15) is 17.4 Å². The number of aromatic nitrogens is 2. The van der Waals surface area contributed by atoms with Crippen molar-refractivity contribution in [3.63, 3.8) is 0 Å². The Kier molecular flexibility index (Phi) is 3.94. The number of alkyl halides is 3. The van der Waals surface area contributed by atoms with E-state index in [9.17, 15) is 17.6 Å². The van der Waals surface area contributed by atoms with Gasteiger partial charge in [-0.05, 0) is 18.6 Å². The number of benzene rings is 1. The molecule has 9 heteroatoms. The van der Waals surface area contributed by atoms with Gasteiger partial charge in [0.05, 0.1) is 0 Å². The van der Waals surface area contributed by atoms with Crippen LogP contribution in [0.4, 0.5) is 23.4 Å². The monoisotopic (exact) mass is 302 g/mol. The van der Waals surface area contributed by atoms with E-state index in [1.54, 1.807) is 6.92 Å². The molecule has 0 amide bonds. The first-order valence-corrected chi connectivity index (χ1v) is 5.66. The van der Waals surface area contributed by atoms with E-state index in [-0.39, 0.29) is 11.6 Å². The Hall–Kier alpha value is -2.42. The second-order valence-corrected chi connectivity index (χ2v) is 4.07. The van der Waals surface area contributed by atoms with Crippen LogP contribution >= 0.6 is 0 Å².